The number of piperazine rings is 1. The van der Waals surface area contributed by atoms with Crippen LogP contribution in [-0.4, -0.2) is 53.2 Å². The molecule has 0 spiro atoms. The monoisotopic (exact) mass is 372 g/mol. The largest absolute Gasteiger partial charge is 0.444 e. The lowest BCUT2D eigenvalue weighted by Gasteiger charge is -2.44. The van der Waals surface area contributed by atoms with Crippen molar-refractivity contribution in [3.05, 3.63) is 17.8 Å². The number of rotatable bonds is 0. The summed E-state index contributed by atoms with van der Waals surface area (Å²) in [4.78, 5) is 31.5. The molecule has 1 fully saturated rings. The van der Waals surface area contributed by atoms with Crippen LogP contribution in [0.1, 0.15) is 26.3 Å². The quantitative estimate of drug-likeness (QED) is 0.757. The maximum Gasteiger partial charge on any atom is 0.417 e. The van der Waals surface area contributed by atoms with Gasteiger partial charge in [-0.15, -0.1) is 0 Å². The Morgan fingerprint density at radius 1 is 1.31 bits per heavy atom. The standard InChI is InChI=1S/C16H19F3N4O3/c1-15(2,3)26-14(25)22-4-5-23-11(8-22)13(24)21-10-6-9(16(17,18)19)7-20-12(10)23/h6-7,11H,4-5,8H2,1-3H3,(H,21,24)/t11-/m1/s1. The number of aromatic nitrogens is 1. The summed E-state index contributed by atoms with van der Waals surface area (Å²) >= 11 is 0. The summed E-state index contributed by atoms with van der Waals surface area (Å²) in [7, 11) is 0. The molecule has 2 aliphatic rings. The number of nitrogens with zero attached hydrogens (tertiary/aromatic N) is 3. The highest BCUT2D eigenvalue weighted by atomic mass is 19.4. The summed E-state index contributed by atoms with van der Waals surface area (Å²) < 4.78 is 43.8. The normalized spacial score (nSPS) is 20.2. The van der Waals surface area contributed by atoms with Crippen LogP contribution < -0.4 is 10.2 Å². The van der Waals surface area contributed by atoms with Crippen LogP contribution in [0.2, 0.25) is 0 Å². The molecule has 0 unspecified atom stereocenters. The molecule has 2 aliphatic heterocycles. The molecular weight excluding hydrogens is 353 g/mol. The van der Waals surface area contributed by atoms with Crippen molar-refractivity contribution < 1.29 is 27.5 Å². The Kier molecular flexibility index (Phi) is 4.24. The van der Waals surface area contributed by atoms with Crippen LogP contribution in [0.4, 0.5) is 29.5 Å². The van der Waals surface area contributed by atoms with E-state index in [4.69, 9.17) is 4.74 Å². The molecule has 142 valence electrons. The summed E-state index contributed by atoms with van der Waals surface area (Å²) in [6.45, 7) is 5.85. The van der Waals surface area contributed by atoms with E-state index in [2.05, 4.69) is 10.3 Å². The van der Waals surface area contributed by atoms with Crippen molar-refractivity contribution in [3.8, 4) is 0 Å². The van der Waals surface area contributed by atoms with E-state index in [0.717, 1.165) is 12.3 Å². The molecule has 0 radical (unpaired) electrons. The second kappa shape index (κ2) is 6.03. The minimum Gasteiger partial charge on any atom is -0.444 e. The maximum atomic E-state index is 12.8. The van der Waals surface area contributed by atoms with Crippen molar-refractivity contribution in [2.24, 2.45) is 0 Å². The third-order valence-electron chi connectivity index (χ3n) is 4.06. The summed E-state index contributed by atoms with van der Waals surface area (Å²) in [6, 6.07) is 0.143. The Hall–Kier alpha value is -2.52. The molecule has 1 N–H and O–H groups in total. The first-order valence-corrected chi connectivity index (χ1v) is 8.08. The maximum absolute atomic E-state index is 12.8. The van der Waals surface area contributed by atoms with Gasteiger partial charge in [0.05, 0.1) is 17.8 Å². The van der Waals surface area contributed by atoms with Gasteiger partial charge in [0, 0.05) is 19.3 Å². The number of amides is 2. The fourth-order valence-corrected chi connectivity index (χ4v) is 2.90. The molecule has 0 aromatic carbocycles. The summed E-state index contributed by atoms with van der Waals surface area (Å²) in [5.41, 5.74) is -1.57. The summed E-state index contributed by atoms with van der Waals surface area (Å²) in [5.74, 6) is -0.210. The summed E-state index contributed by atoms with van der Waals surface area (Å²) in [5, 5.41) is 2.46. The van der Waals surface area contributed by atoms with Crippen LogP contribution in [0.25, 0.3) is 0 Å². The van der Waals surface area contributed by atoms with E-state index in [1.165, 1.54) is 4.90 Å². The third-order valence-corrected chi connectivity index (χ3v) is 4.06. The molecule has 1 saturated heterocycles. The van der Waals surface area contributed by atoms with Gasteiger partial charge in [-0.2, -0.15) is 13.2 Å². The zero-order valence-electron chi connectivity index (χ0n) is 14.6. The third kappa shape index (κ3) is 3.54. The number of carbonyl (C=O) groups is 2. The average molecular weight is 372 g/mol. The zero-order valence-corrected chi connectivity index (χ0v) is 14.6. The van der Waals surface area contributed by atoms with Gasteiger partial charge in [-0.25, -0.2) is 9.78 Å². The molecule has 1 atom stereocenters. The Bertz CT molecular complexity index is 745. The molecule has 10 heteroatoms. The van der Waals surface area contributed by atoms with Gasteiger partial charge in [0.2, 0.25) is 5.91 Å². The van der Waals surface area contributed by atoms with Crippen molar-refractivity contribution in [3.63, 3.8) is 0 Å². The van der Waals surface area contributed by atoms with Gasteiger partial charge in [0.15, 0.2) is 5.82 Å². The molecule has 0 aliphatic carbocycles. The molecule has 0 saturated carbocycles. The Morgan fingerprint density at radius 3 is 2.62 bits per heavy atom. The van der Waals surface area contributed by atoms with Crippen LogP contribution in [0.5, 0.6) is 0 Å². The van der Waals surface area contributed by atoms with Crippen molar-refractivity contribution in [1.82, 2.24) is 9.88 Å². The number of hydrogen-bond donors (Lipinski definition) is 1. The van der Waals surface area contributed by atoms with Gasteiger partial charge in [0.1, 0.15) is 11.6 Å². The highest BCUT2D eigenvalue weighted by Gasteiger charge is 2.41. The second-order valence-electron chi connectivity index (χ2n) is 7.22. The number of pyridine rings is 1. The van der Waals surface area contributed by atoms with Crippen molar-refractivity contribution in [2.45, 2.75) is 38.6 Å². The minimum absolute atomic E-state index is 0.0202. The van der Waals surface area contributed by atoms with E-state index < -0.39 is 35.4 Å². The Balaban J connectivity index is 1.81. The lowest BCUT2D eigenvalue weighted by atomic mass is 10.1. The smallest absolute Gasteiger partial charge is 0.417 e. The van der Waals surface area contributed by atoms with E-state index >= 15 is 0 Å². The topological polar surface area (TPSA) is 74.8 Å². The second-order valence-corrected chi connectivity index (χ2v) is 7.22. The van der Waals surface area contributed by atoms with Gasteiger partial charge < -0.3 is 19.9 Å². The van der Waals surface area contributed by atoms with Gasteiger partial charge in [-0.3, -0.25) is 4.79 Å². The first-order valence-electron chi connectivity index (χ1n) is 8.08. The van der Waals surface area contributed by atoms with Gasteiger partial charge in [-0.05, 0) is 26.8 Å². The molecule has 1 aromatic heterocycles. The van der Waals surface area contributed by atoms with Crippen LogP contribution >= 0.6 is 0 Å². The molecule has 7 nitrogen and oxygen atoms in total. The highest BCUT2D eigenvalue weighted by molar-refractivity contribution is 6.03. The molecule has 2 amide bonds. The SMILES string of the molecule is CC(C)(C)OC(=O)N1CCN2c3ncc(C(F)(F)F)cc3NC(=O)[C@H]2C1. The van der Waals surface area contributed by atoms with Gasteiger partial charge >= 0.3 is 12.3 Å². The lowest BCUT2D eigenvalue weighted by Crippen LogP contribution is -2.61. The number of nitrogens with one attached hydrogen (secondary N) is 1. The average Bonchev–Trinajstić information content (AvgIpc) is 2.51. The number of halogens is 3. The lowest BCUT2D eigenvalue weighted by molar-refractivity contribution is -0.137. The van der Waals surface area contributed by atoms with Crippen LogP contribution in [0.3, 0.4) is 0 Å². The first kappa shape index (κ1) is 18.3. The molecular formula is C16H19F3N4O3. The highest BCUT2D eigenvalue weighted by Crippen LogP contribution is 2.37. The molecule has 0 bridgehead atoms. The predicted octanol–water partition coefficient (Wildman–Crippen LogP) is 2.48. The summed E-state index contributed by atoms with van der Waals surface area (Å²) in [6.07, 6.45) is -4.33. The van der Waals surface area contributed by atoms with Crippen molar-refractivity contribution in [1.29, 1.82) is 0 Å². The van der Waals surface area contributed by atoms with Crippen LogP contribution in [0.15, 0.2) is 12.3 Å². The Labute approximate surface area is 148 Å². The molecule has 1 aromatic rings. The number of anilines is 2. The molecule has 3 rings (SSSR count). The number of ether oxygens (including phenoxy) is 1. The number of alkyl halides is 3. The van der Waals surface area contributed by atoms with Crippen molar-refractivity contribution >= 4 is 23.5 Å². The zero-order chi connectivity index (χ0) is 19.3. The van der Waals surface area contributed by atoms with Gasteiger partial charge in [0.25, 0.3) is 0 Å². The van der Waals surface area contributed by atoms with Crippen LogP contribution in [-0.2, 0) is 15.7 Å². The van der Waals surface area contributed by atoms with Crippen molar-refractivity contribution in [2.75, 3.05) is 29.9 Å². The first-order chi connectivity index (χ1) is 12.0. The van der Waals surface area contributed by atoms with Crippen LogP contribution in [0, 0.1) is 0 Å². The number of carbonyl (C=O) groups excluding carboxylic acids is 2. The van der Waals surface area contributed by atoms with E-state index in [1.54, 1.807) is 25.7 Å². The number of fused-ring (bicyclic) bond motifs is 3. The fourth-order valence-electron chi connectivity index (χ4n) is 2.90. The van der Waals surface area contributed by atoms with E-state index in [-0.39, 0.29) is 31.1 Å². The predicted molar refractivity (Wildman–Crippen MR) is 86.8 cm³/mol. The van der Waals surface area contributed by atoms with E-state index in [1.807, 2.05) is 0 Å². The Morgan fingerprint density at radius 2 is 2.00 bits per heavy atom. The molecule has 26 heavy (non-hydrogen) atoms. The van der Waals surface area contributed by atoms with E-state index in [0.29, 0.717) is 0 Å². The fraction of sp³-hybridized carbons (Fsp3) is 0.562. The minimum atomic E-state index is -4.54. The molecule has 3 heterocycles. The number of hydrogen-bond acceptors (Lipinski definition) is 5. The van der Waals surface area contributed by atoms with Gasteiger partial charge in [-0.1, -0.05) is 0 Å². The van der Waals surface area contributed by atoms with E-state index in [9.17, 15) is 22.8 Å².